The lowest BCUT2D eigenvalue weighted by atomic mass is 10.2. The average molecular weight is 303 g/mol. The third-order valence-electron chi connectivity index (χ3n) is 1.81. The third-order valence-corrected chi connectivity index (χ3v) is 3.45. The van der Waals surface area contributed by atoms with Crippen LogP contribution in [0.4, 0.5) is 4.39 Å². The van der Waals surface area contributed by atoms with Crippen LogP contribution in [-0.4, -0.2) is 21.5 Å². The van der Waals surface area contributed by atoms with Crippen molar-refractivity contribution in [3.8, 4) is 0 Å². The smallest absolute Gasteiger partial charge is 0.215 e. The van der Waals surface area contributed by atoms with E-state index in [0.29, 0.717) is 5.56 Å². The van der Waals surface area contributed by atoms with Crippen LogP contribution in [0.1, 0.15) is 5.56 Å². The summed E-state index contributed by atoms with van der Waals surface area (Å²) in [6.45, 7) is 0.403. The standard InChI is InChI=1S/C9H12ClFN2O2S.ClH/c10-8-5-7(1-2-9(8)11)6-16(14,15)13-4-3-12;/h1-2,5,13H,3-4,6,12H2;1H. The van der Waals surface area contributed by atoms with Crippen LogP contribution in [0.5, 0.6) is 0 Å². The van der Waals surface area contributed by atoms with E-state index in [0.717, 1.165) is 6.07 Å². The zero-order valence-corrected chi connectivity index (χ0v) is 11.2. The predicted octanol–water partition coefficient (Wildman–Crippen LogP) is 1.28. The summed E-state index contributed by atoms with van der Waals surface area (Å²) in [5.41, 5.74) is 5.60. The van der Waals surface area contributed by atoms with E-state index in [4.69, 9.17) is 17.3 Å². The second-order valence-electron chi connectivity index (χ2n) is 3.19. The molecular weight excluding hydrogens is 290 g/mol. The Morgan fingerprint density at radius 2 is 2.06 bits per heavy atom. The second-order valence-corrected chi connectivity index (χ2v) is 5.40. The van der Waals surface area contributed by atoms with Gasteiger partial charge in [-0.2, -0.15) is 0 Å². The normalized spacial score (nSPS) is 11.0. The largest absolute Gasteiger partial charge is 0.329 e. The van der Waals surface area contributed by atoms with E-state index in [9.17, 15) is 12.8 Å². The molecule has 1 aromatic carbocycles. The fourth-order valence-corrected chi connectivity index (χ4v) is 2.47. The number of hydrogen-bond acceptors (Lipinski definition) is 3. The Morgan fingerprint density at radius 3 is 2.59 bits per heavy atom. The Kier molecular flexibility index (Phi) is 6.96. The highest BCUT2D eigenvalue weighted by Crippen LogP contribution is 2.17. The minimum Gasteiger partial charge on any atom is -0.329 e. The van der Waals surface area contributed by atoms with Crippen LogP contribution in [0.25, 0.3) is 0 Å². The maximum atomic E-state index is 12.8. The van der Waals surface area contributed by atoms with Crippen molar-refractivity contribution in [2.24, 2.45) is 5.73 Å². The topological polar surface area (TPSA) is 72.2 Å². The Labute approximate surface area is 111 Å². The molecule has 4 nitrogen and oxygen atoms in total. The maximum Gasteiger partial charge on any atom is 0.215 e. The van der Waals surface area contributed by atoms with E-state index in [2.05, 4.69) is 4.72 Å². The summed E-state index contributed by atoms with van der Waals surface area (Å²) in [4.78, 5) is 0. The Hall–Kier alpha value is -0.400. The molecular formula is C9H13Cl2FN2O2S. The van der Waals surface area contributed by atoms with Crippen molar-refractivity contribution in [3.05, 3.63) is 34.6 Å². The highest BCUT2D eigenvalue weighted by Gasteiger charge is 2.11. The first-order valence-electron chi connectivity index (χ1n) is 4.56. The molecule has 0 fully saturated rings. The van der Waals surface area contributed by atoms with Crippen molar-refractivity contribution in [3.63, 3.8) is 0 Å². The van der Waals surface area contributed by atoms with E-state index in [1.54, 1.807) is 0 Å². The van der Waals surface area contributed by atoms with E-state index in [1.165, 1.54) is 12.1 Å². The van der Waals surface area contributed by atoms with Crippen LogP contribution in [0.2, 0.25) is 5.02 Å². The first-order valence-corrected chi connectivity index (χ1v) is 6.59. The number of rotatable bonds is 5. The molecule has 0 amide bonds. The van der Waals surface area contributed by atoms with Crippen molar-refractivity contribution in [1.29, 1.82) is 0 Å². The molecule has 0 saturated heterocycles. The van der Waals surface area contributed by atoms with Crippen LogP contribution < -0.4 is 10.5 Å². The zero-order chi connectivity index (χ0) is 12.2. The highest BCUT2D eigenvalue weighted by atomic mass is 35.5. The fourth-order valence-electron chi connectivity index (χ4n) is 1.11. The van der Waals surface area contributed by atoms with Gasteiger partial charge < -0.3 is 5.73 Å². The summed E-state index contributed by atoms with van der Waals surface area (Å²) in [7, 11) is -3.44. The van der Waals surface area contributed by atoms with Gasteiger partial charge in [0.2, 0.25) is 10.0 Å². The maximum absolute atomic E-state index is 12.8. The average Bonchev–Trinajstić information content (AvgIpc) is 2.20. The number of halogens is 3. The van der Waals surface area contributed by atoms with Gasteiger partial charge in [-0.1, -0.05) is 17.7 Å². The quantitative estimate of drug-likeness (QED) is 0.860. The molecule has 0 aliphatic carbocycles. The number of benzene rings is 1. The lowest BCUT2D eigenvalue weighted by molar-refractivity contribution is 0.581. The Morgan fingerprint density at radius 1 is 1.41 bits per heavy atom. The summed E-state index contributed by atoms with van der Waals surface area (Å²) in [5.74, 6) is -0.815. The molecule has 0 atom stereocenters. The van der Waals surface area contributed by atoms with Crippen molar-refractivity contribution in [1.82, 2.24) is 4.72 Å². The van der Waals surface area contributed by atoms with Gasteiger partial charge in [0.15, 0.2) is 0 Å². The molecule has 0 saturated carbocycles. The van der Waals surface area contributed by atoms with Crippen LogP contribution in [0, 0.1) is 5.82 Å². The molecule has 0 aliphatic rings. The summed E-state index contributed by atoms with van der Waals surface area (Å²) < 4.78 is 38.0. The monoisotopic (exact) mass is 302 g/mol. The molecule has 8 heteroatoms. The van der Waals surface area contributed by atoms with Gasteiger partial charge >= 0.3 is 0 Å². The number of sulfonamides is 1. The van der Waals surface area contributed by atoms with Crippen LogP contribution in [0.3, 0.4) is 0 Å². The van der Waals surface area contributed by atoms with Crippen molar-refractivity contribution in [2.45, 2.75) is 5.75 Å². The van der Waals surface area contributed by atoms with Gasteiger partial charge in [-0.15, -0.1) is 12.4 Å². The van der Waals surface area contributed by atoms with E-state index >= 15 is 0 Å². The van der Waals surface area contributed by atoms with Gasteiger partial charge in [0.1, 0.15) is 5.82 Å². The highest BCUT2D eigenvalue weighted by molar-refractivity contribution is 7.88. The van der Waals surface area contributed by atoms with Crippen molar-refractivity contribution < 1.29 is 12.8 Å². The lowest BCUT2D eigenvalue weighted by Gasteiger charge is -2.06. The molecule has 0 spiro atoms. The summed E-state index contributed by atoms with van der Waals surface area (Å²) in [5, 5.41) is -0.0912. The zero-order valence-electron chi connectivity index (χ0n) is 8.82. The first-order chi connectivity index (χ1) is 7.44. The SMILES string of the molecule is Cl.NCCNS(=O)(=O)Cc1ccc(F)c(Cl)c1. The number of nitrogens with two attached hydrogens (primary N) is 1. The van der Waals surface area contributed by atoms with Gasteiger partial charge in [-0.3, -0.25) is 0 Å². The Bertz CT molecular complexity index is 468. The molecule has 1 aromatic rings. The second kappa shape index (κ2) is 7.13. The van der Waals surface area contributed by atoms with Crippen LogP contribution >= 0.6 is 24.0 Å². The molecule has 1 rings (SSSR count). The van der Waals surface area contributed by atoms with E-state index < -0.39 is 15.8 Å². The summed E-state index contributed by atoms with van der Waals surface area (Å²) >= 11 is 5.54. The fraction of sp³-hybridized carbons (Fsp3) is 0.333. The van der Waals surface area contributed by atoms with Gasteiger partial charge in [0, 0.05) is 13.1 Å². The minimum absolute atomic E-state index is 0. The molecule has 0 unspecified atom stereocenters. The molecule has 0 aliphatic heterocycles. The first kappa shape index (κ1) is 16.6. The van der Waals surface area contributed by atoms with Crippen LogP contribution in [0.15, 0.2) is 18.2 Å². The van der Waals surface area contributed by atoms with Gasteiger partial charge in [-0.25, -0.2) is 17.5 Å². The van der Waals surface area contributed by atoms with E-state index in [-0.39, 0.29) is 36.3 Å². The molecule has 3 N–H and O–H groups in total. The Balaban J connectivity index is 0.00000256. The molecule has 98 valence electrons. The van der Waals surface area contributed by atoms with Crippen LogP contribution in [-0.2, 0) is 15.8 Å². The predicted molar refractivity (Wildman–Crippen MR) is 68.3 cm³/mol. The molecule has 0 radical (unpaired) electrons. The number of nitrogens with one attached hydrogen (secondary N) is 1. The molecule has 0 heterocycles. The summed E-state index contributed by atoms with van der Waals surface area (Å²) in [6.07, 6.45) is 0. The van der Waals surface area contributed by atoms with Gasteiger partial charge in [0.25, 0.3) is 0 Å². The van der Waals surface area contributed by atoms with Crippen molar-refractivity contribution in [2.75, 3.05) is 13.1 Å². The van der Waals surface area contributed by atoms with Gasteiger partial charge in [-0.05, 0) is 17.7 Å². The lowest BCUT2D eigenvalue weighted by Crippen LogP contribution is -2.30. The number of hydrogen-bond donors (Lipinski definition) is 2. The minimum atomic E-state index is -3.44. The molecule has 0 aromatic heterocycles. The van der Waals surface area contributed by atoms with Crippen molar-refractivity contribution >= 4 is 34.0 Å². The van der Waals surface area contributed by atoms with Gasteiger partial charge in [0.05, 0.1) is 10.8 Å². The van der Waals surface area contributed by atoms with E-state index in [1.807, 2.05) is 0 Å². The molecule has 17 heavy (non-hydrogen) atoms. The third kappa shape index (κ3) is 5.65. The summed E-state index contributed by atoms with van der Waals surface area (Å²) in [6, 6.07) is 3.80. The molecule has 0 bridgehead atoms.